The number of carbonyl (C=O) groups excluding carboxylic acids is 1. The van der Waals surface area contributed by atoms with Gasteiger partial charge in [-0.25, -0.2) is 0 Å². The van der Waals surface area contributed by atoms with Crippen LogP contribution in [0.1, 0.15) is 16.1 Å². The first-order chi connectivity index (χ1) is 8.58. The second-order valence-corrected chi connectivity index (χ2v) is 4.58. The summed E-state index contributed by atoms with van der Waals surface area (Å²) in [5.74, 6) is -0.134. The summed E-state index contributed by atoms with van der Waals surface area (Å²) in [5.41, 5.74) is 3.15. The number of aryl methyl sites for hydroxylation is 1. The predicted octanol–water partition coefficient (Wildman–Crippen LogP) is 2.14. The molecule has 0 bridgehead atoms. The molecule has 2 aromatic rings. The van der Waals surface area contributed by atoms with Crippen LogP contribution < -0.4 is 4.57 Å². The molecule has 0 saturated carbocycles. The highest BCUT2D eigenvalue weighted by molar-refractivity contribution is 7.07. The molecule has 5 nitrogen and oxygen atoms in total. The Balaban J connectivity index is 2.21. The van der Waals surface area contributed by atoms with Gasteiger partial charge in [0.2, 0.25) is 17.8 Å². The number of Topliss-reactive ketones (excluding diaryl/α,β-unsaturated/α-hetero) is 1. The lowest BCUT2D eigenvalue weighted by atomic mass is 10.1. The molecular formula is C12H11N2O3S+. The van der Waals surface area contributed by atoms with E-state index in [1.54, 1.807) is 6.07 Å². The van der Waals surface area contributed by atoms with Gasteiger partial charge in [0.05, 0.1) is 10.3 Å². The van der Waals surface area contributed by atoms with E-state index in [0.29, 0.717) is 5.56 Å². The molecule has 0 N–H and O–H groups in total. The van der Waals surface area contributed by atoms with E-state index in [2.05, 4.69) is 0 Å². The van der Waals surface area contributed by atoms with Gasteiger partial charge in [-0.15, -0.1) is 0 Å². The third-order valence-corrected chi connectivity index (χ3v) is 3.43. The number of ketones is 1. The SMILES string of the molecule is Cc1csc[n+]1CC(=O)c1cccc([N+](=O)[O-])c1. The molecular weight excluding hydrogens is 252 g/mol. The van der Waals surface area contributed by atoms with Gasteiger partial charge in [-0.3, -0.25) is 14.9 Å². The third kappa shape index (κ3) is 2.60. The van der Waals surface area contributed by atoms with Crippen molar-refractivity contribution in [3.8, 4) is 0 Å². The highest BCUT2D eigenvalue weighted by Crippen LogP contribution is 2.13. The second-order valence-electron chi connectivity index (χ2n) is 3.86. The minimum absolute atomic E-state index is 0.0621. The predicted molar refractivity (Wildman–Crippen MR) is 66.7 cm³/mol. The van der Waals surface area contributed by atoms with E-state index in [9.17, 15) is 14.9 Å². The summed E-state index contributed by atoms with van der Waals surface area (Å²) >= 11 is 1.51. The molecule has 18 heavy (non-hydrogen) atoms. The number of hydrogen-bond donors (Lipinski definition) is 0. The molecule has 0 fully saturated rings. The molecule has 0 unspecified atom stereocenters. The van der Waals surface area contributed by atoms with E-state index in [4.69, 9.17) is 0 Å². The average molecular weight is 263 g/mol. The lowest BCUT2D eigenvalue weighted by molar-refractivity contribution is -0.684. The van der Waals surface area contributed by atoms with Crippen molar-refractivity contribution in [2.45, 2.75) is 13.5 Å². The summed E-state index contributed by atoms with van der Waals surface area (Å²) < 4.78 is 1.83. The van der Waals surface area contributed by atoms with Crippen LogP contribution >= 0.6 is 11.3 Å². The quantitative estimate of drug-likeness (QED) is 0.367. The maximum Gasteiger partial charge on any atom is 0.270 e. The Labute approximate surface area is 107 Å². The van der Waals surface area contributed by atoms with Crippen molar-refractivity contribution in [2.75, 3.05) is 0 Å². The first-order valence-electron chi connectivity index (χ1n) is 5.28. The second kappa shape index (κ2) is 5.05. The van der Waals surface area contributed by atoms with Crippen LogP contribution in [-0.2, 0) is 6.54 Å². The van der Waals surface area contributed by atoms with Crippen molar-refractivity contribution in [3.63, 3.8) is 0 Å². The molecule has 0 atom stereocenters. The number of nitrogens with zero attached hydrogens (tertiary/aromatic N) is 2. The maximum absolute atomic E-state index is 12.0. The molecule has 2 rings (SSSR count). The van der Waals surface area contributed by atoms with Crippen molar-refractivity contribution >= 4 is 22.8 Å². The van der Waals surface area contributed by atoms with Crippen molar-refractivity contribution in [1.29, 1.82) is 0 Å². The zero-order valence-corrected chi connectivity index (χ0v) is 10.5. The van der Waals surface area contributed by atoms with Gasteiger partial charge in [0, 0.05) is 24.6 Å². The van der Waals surface area contributed by atoms with E-state index in [0.717, 1.165) is 5.69 Å². The number of carbonyl (C=O) groups is 1. The largest absolute Gasteiger partial charge is 0.287 e. The summed E-state index contributed by atoms with van der Waals surface area (Å²) in [6, 6.07) is 5.80. The summed E-state index contributed by atoms with van der Waals surface area (Å²) in [5, 5.41) is 12.6. The normalized spacial score (nSPS) is 10.3. The minimum Gasteiger partial charge on any atom is -0.287 e. The Morgan fingerprint density at radius 1 is 1.50 bits per heavy atom. The number of nitro benzene ring substituents is 1. The number of benzene rings is 1. The van der Waals surface area contributed by atoms with Gasteiger partial charge in [0.15, 0.2) is 5.69 Å². The number of nitro groups is 1. The third-order valence-electron chi connectivity index (χ3n) is 2.57. The minimum atomic E-state index is -0.500. The topological polar surface area (TPSA) is 64.1 Å². The zero-order chi connectivity index (χ0) is 13.1. The van der Waals surface area contributed by atoms with Crippen LogP contribution in [0, 0.1) is 17.0 Å². The van der Waals surface area contributed by atoms with E-state index >= 15 is 0 Å². The fourth-order valence-corrected chi connectivity index (χ4v) is 2.34. The van der Waals surface area contributed by atoms with E-state index < -0.39 is 4.92 Å². The average Bonchev–Trinajstić information content (AvgIpc) is 2.75. The molecule has 1 aromatic heterocycles. The zero-order valence-electron chi connectivity index (χ0n) is 9.70. The number of aromatic nitrogens is 1. The van der Waals surface area contributed by atoms with Gasteiger partial charge in [0.25, 0.3) is 5.69 Å². The Bertz CT molecular complexity index is 607. The Hall–Kier alpha value is -2.08. The van der Waals surface area contributed by atoms with Gasteiger partial charge < -0.3 is 0 Å². The van der Waals surface area contributed by atoms with Crippen LogP contribution in [-0.4, -0.2) is 10.7 Å². The number of non-ortho nitro benzene ring substituents is 1. The van der Waals surface area contributed by atoms with Crippen LogP contribution in [0.15, 0.2) is 35.2 Å². The van der Waals surface area contributed by atoms with Gasteiger partial charge in [-0.2, -0.15) is 4.57 Å². The first kappa shape index (κ1) is 12.4. The fourth-order valence-electron chi connectivity index (χ4n) is 1.55. The Morgan fingerprint density at radius 3 is 2.89 bits per heavy atom. The van der Waals surface area contributed by atoms with Crippen molar-refractivity contribution in [1.82, 2.24) is 0 Å². The molecule has 0 aliphatic heterocycles. The molecule has 1 heterocycles. The molecule has 0 amide bonds. The summed E-state index contributed by atoms with van der Waals surface area (Å²) in [6.45, 7) is 2.12. The van der Waals surface area contributed by atoms with Gasteiger partial charge >= 0.3 is 0 Å². The number of thiazole rings is 1. The van der Waals surface area contributed by atoms with E-state index in [1.807, 2.05) is 22.4 Å². The maximum atomic E-state index is 12.0. The van der Waals surface area contributed by atoms with Gasteiger partial charge in [0.1, 0.15) is 0 Å². The van der Waals surface area contributed by atoms with Crippen molar-refractivity contribution in [3.05, 3.63) is 56.5 Å². The van der Waals surface area contributed by atoms with Crippen LogP contribution in [0.5, 0.6) is 0 Å². The Morgan fingerprint density at radius 2 is 2.28 bits per heavy atom. The monoisotopic (exact) mass is 263 g/mol. The number of hydrogen-bond acceptors (Lipinski definition) is 4. The van der Waals surface area contributed by atoms with Crippen LogP contribution in [0.25, 0.3) is 0 Å². The van der Waals surface area contributed by atoms with Crippen molar-refractivity contribution < 1.29 is 14.3 Å². The molecule has 0 spiro atoms. The molecule has 1 aromatic carbocycles. The lowest BCUT2D eigenvalue weighted by Crippen LogP contribution is -2.38. The molecule has 0 aliphatic carbocycles. The van der Waals surface area contributed by atoms with Crippen molar-refractivity contribution in [2.24, 2.45) is 0 Å². The molecule has 0 aliphatic rings. The highest BCUT2D eigenvalue weighted by Gasteiger charge is 2.17. The standard InChI is InChI=1S/C12H11N2O3S/c1-9-7-18-8-13(9)6-12(15)10-3-2-4-11(5-10)14(16)17/h2-5,7-8H,6H2,1H3/q+1. The lowest BCUT2D eigenvalue weighted by Gasteiger charge is -1.98. The van der Waals surface area contributed by atoms with Gasteiger partial charge in [-0.05, 0) is 0 Å². The van der Waals surface area contributed by atoms with Gasteiger partial charge in [-0.1, -0.05) is 23.5 Å². The van der Waals surface area contributed by atoms with Crippen LogP contribution in [0.2, 0.25) is 0 Å². The Kier molecular flexibility index (Phi) is 3.47. The van der Waals surface area contributed by atoms with E-state index in [1.165, 1.54) is 29.5 Å². The molecule has 92 valence electrons. The van der Waals surface area contributed by atoms with E-state index in [-0.39, 0.29) is 18.0 Å². The highest BCUT2D eigenvalue weighted by atomic mass is 32.1. The number of rotatable bonds is 4. The molecule has 0 radical (unpaired) electrons. The summed E-state index contributed by atoms with van der Waals surface area (Å²) in [4.78, 5) is 22.1. The first-order valence-corrected chi connectivity index (χ1v) is 6.22. The van der Waals surface area contributed by atoms with Crippen LogP contribution in [0.3, 0.4) is 0 Å². The summed E-state index contributed by atoms with van der Waals surface area (Å²) in [6.07, 6.45) is 0. The fraction of sp³-hybridized carbons (Fsp3) is 0.167. The molecule has 0 saturated heterocycles. The smallest absolute Gasteiger partial charge is 0.270 e. The summed E-state index contributed by atoms with van der Waals surface area (Å²) in [7, 11) is 0. The molecule has 6 heteroatoms. The van der Waals surface area contributed by atoms with Crippen LogP contribution in [0.4, 0.5) is 5.69 Å².